The average Bonchev–Trinajstić information content (AvgIpc) is 2.35. The normalized spacial score (nSPS) is 13.1. The number of hydrogen-bond donors (Lipinski definition) is 2. The van der Waals surface area contributed by atoms with Crippen LogP contribution in [0.1, 0.15) is 36.5 Å². The van der Waals surface area contributed by atoms with Crippen LogP contribution < -0.4 is 5.32 Å². The molecule has 0 spiro atoms. The maximum absolute atomic E-state index is 13.6. The zero-order valence-corrected chi connectivity index (χ0v) is 10.5. The summed E-state index contributed by atoms with van der Waals surface area (Å²) in [6.07, 6.45) is -1.67. The predicted molar refractivity (Wildman–Crippen MR) is 66.4 cm³/mol. The van der Waals surface area contributed by atoms with E-state index >= 15 is 0 Å². The van der Waals surface area contributed by atoms with Crippen LogP contribution in [-0.2, 0) is 0 Å². The third-order valence-corrected chi connectivity index (χ3v) is 2.66. The lowest BCUT2D eigenvalue weighted by molar-refractivity contribution is -0.0496. The molecule has 0 fully saturated rings. The first-order valence-corrected chi connectivity index (χ1v) is 6.01. The Balaban J connectivity index is 2.85. The molecular formula is C13H16F3NO2. The van der Waals surface area contributed by atoms with Crippen LogP contribution in [0.2, 0.25) is 0 Å². The molecule has 6 heteroatoms. The van der Waals surface area contributed by atoms with Crippen molar-refractivity contribution >= 4 is 11.7 Å². The van der Waals surface area contributed by atoms with E-state index in [1.165, 1.54) is 24.3 Å². The number of rotatable bonds is 7. The van der Waals surface area contributed by atoms with E-state index in [-0.39, 0.29) is 17.7 Å². The van der Waals surface area contributed by atoms with Gasteiger partial charge in [-0.15, -0.1) is 0 Å². The van der Waals surface area contributed by atoms with Crippen molar-refractivity contribution in [1.29, 1.82) is 0 Å². The number of carboxylic acid groups (broad SMARTS) is 1. The fourth-order valence-corrected chi connectivity index (χ4v) is 1.60. The Morgan fingerprint density at radius 2 is 2.05 bits per heavy atom. The number of halogens is 3. The van der Waals surface area contributed by atoms with Crippen molar-refractivity contribution in [1.82, 2.24) is 0 Å². The predicted octanol–water partition coefficient (Wildman–Crippen LogP) is 3.92. The van der Waals surface area contributed by atoms with Gasteiger partial charge in [0.05, 0.1) is 11.3 Å². The van der Waals surface area contributed by atoms with E-state index in [0.717, 1.165) is 0 Å². The van der Waals surface area contributed by atoms with Crippen LogP contribution in [0.4, 0.5) is 18.9 Å². The van der Waals surface area contributed by atoms with Gasteiger partial charge < -0.3 is 10.4 Å². The summed E-state index contributed by atoms with van der Waals surface area (Å²) in [4.78, 5) is 10.9. The molecule has 0 saturated carbocycles. The van der Waals surface area contributed by atoms with E-state index < -0.39 is 18.2 Å². The van der Waals surface area contributed by atoms with Crippen molar-refractivity contribution in [3.63, 3.8) is 0 Å². The number of carbonyl (C=O) groups is 1. The highest BCUT2D eigenvalue weighted by molar-refractivity contribution is 5.94. The van der Waals surface area contributed by atoms with E-state index in [4.69, 9.17) is 5.11 Å². The second kappa shape index (κ2) is 6.45. The van der Waals surface area contributed by atoms with Crippen molar-refractivity contribution in [3.8, 4) is 0 Å². The van der Waals surface area contributed by atoms with Crippen molar-refractivity contribution < 1.29 is 23.1 Å². The lowest BCUT2D eigenvalue weighted by Crippen LogP contribution is -2.38. The molecular weight excluding hydrogens is 259 g/mol. The van der Waals surface area contributed by atoms with Crippen LogP contribution in [0.3, 0.4) is 0 Å². The summed E-state index contributed by atoms with van der Waals surface area (Å²) in [5, 5.41) is 10.6. The lowest BCUT2D eigenvalue weighted by Gasteiger charge is -2.23. The molecule has 1 unspecified atom stereocenters. The minimum atomic E-state index is -3.79. The van der Waals surface area contributed by atoms with Crippen molar-refractivity contribution in [2.24, 2.45) is 0 Å². The van der Waals surface area contributed by atoms with Gasteiger partial charge in [-0.1, -0.05) is 31.9 Å². The molecule has 0 aromatic heterocycles. The quantitative estimate of drug-likeness (QED) is 0.741. The van der Waals surface area contributed by atoms with Gasteiger partial charge in [0.15, 0.2) is 6.17 Å². The Labute approximate surface area is 109 Å². The second-order valence-electron chi connectivity index (χ2n) is 4.21. The Kier molecular flexibility index (Phi) is 5.20. The highest BCUT2D eigenvalue weighted by atomic mass is 19.3. The molecule has 0 amide bonds. The number of nitrogens with one attached hydrogen (secondary N) is 1. The summed E-state index contributed by atoms with van der Waals surface area (Å²) >= 11 is 0. The first-order chi connectivity index (χ1) is 8.88. The SMILES string of the molecule is CCCCC(F)C(F)(F)Nc1ccccc1C(=O)O. The summed E-state index contributed by atoms with van der Waals surface area (Å²) in [6.45, 7) is 1.78. The molecule has 19 heavy (non-hydrogen) atoms. The summed E-state index contributed by atoms with van der Waals surface area (Å²) in [6, 6.07) is 1.39. The maximum atomic E-state index is 13.6. The molecule has 0 bridgehead atoms. The van der Waals surface area contributed by atoms with E-state index in [1.54, 1.807) is 12.2 Å². The van der Waals surface area contributed by atoms with E-state index in [2.05, 4.69) is 0 Å². The molecule has 1 rings (SSSR count). The van der Waals surface area contributed by atoms with Gasteiger partial charge in [-0.2, -0.15) is 8.78 Å². The summed E-state index contributed by atoms with van der Waals surface area (Å²) in [5.41, 5.74) is -0.607. The monoisotopic (exact) mass is 275 g/mol. The number of alkyl halides is 3. The third-order valence-electron chi connectivity index (χ3n) is 2.66. The molecule has 3 nitrogen and oxygen atoms in total. The van der Waals surface area contributed by atoms with E-state index in [1.807, 2.05) is 0 Å². The Morgan fingerprint density at radius 3 is 2.63 bits per heavy atom. The van der Waals surface area contributed by atoms with Gasteiger partial charge in [-0.25, -0.2) is 9.18 Å². The number of benzene rings is 1. The smallest absolute Gasteiger partial charge is 0.354 e. The van der Waals surface area contributed by atoms with Gasteiger partial charge in [-0.3, -0.25) is 0 Å². The number of hydrogen-bond acceptors (Lipinski definition) is 2. The fraction of sp³-hybridized carbons (Fsp3) is 0.462. The minimum absolute atomic E-state index is 0.272. The topological polar surface area (TPSA) is 49.3 Å². The highest BCUT2D eigenvalue weighted by Gasteiger charge is 2.40. The molecule has 0 aliphatic heterocycles. The zero-order valence-electron chi connectivity index (χ0n) is 10.5. The number of unbranched alkanes of at least 4 members (excludes halogenated alkanes) is 1. The van der Waals surface area contributed by atoms with Crippen LogP contribution in [0, 0.1) is 0 Å². The van der Waals surface area contributed by atoms with Gasteiger partial charge >= 0.3 is 12.0 Å². The Morgan fingerprint density at radius 1 is 1.42 bits per heavy atom. The highest BCUT2D eigenvalue weighted by Crippen LogP contribution is 2.29. The first-order valence-electron chi connectivity index (χ1n) is 6.01. The van der Waals surface area contributed by atoms with Gasteiger partial charge in [-0.05, 0) is 18.6 Å². The number of aromatic carboxylic acids is 1. The van der Waals surface area contributed by atoms with Crippen LogP contribution in [0.15, 0.2) is 24.3 Å². The molecule has 1 aromatic carbocycles. The Hall–Kier alpha value is -1.72. The fourth-order valence-electron chi connectivity index (χ4n) is 1.60. The first kappa shape index (κ1) is 15.3. The van der Waals surface area contributed by atoms with Gasteiger partial charge in [0.25, 0.3) is 0 Å². The van der Waals surface area contributed by atoms with Gasteiger partial charge in [0.1, 0.15) is 0 Å². The molecule has 106 valence electrons. The van der Waals surface area contributed by atoms with Crippen molar-refractivity contribution in [2.75, 3.05) is 5.32 Å². The van der Waals surface area contributed by atoms with E-state index in [0.29, 0.717) is 12.8 Å². The number of carboxylic acids is 1. The summed E-state index contributed by atoms with van der Waals surface area (Å²) in [5.74, 6) is -1.34. The second-order valence-corrected chi connectivity index (χ2v) is 4.21. The van der Waals surface area contributed by atoms with Crippen LogP contribution in [0.5, 0.6) is 0 Å². The molecule has 2 N–H and O–H groups in total. The molecule has 0 radical (unpaired) electrons. The van der Waals surface area contributed by atoms with Crippen LogP contribution in [0.25, 0.3) is 0 Å². The maximum Gasteiger partial charge on any atom is 0.354 e. The number of para-hydroxylation sites is 1. The summed E-state index contributed by atoms with van der Waals surface area (Å²) < 4.78 is 40.6. The lowest BCUT2D eigenvalue weighted by atomic mass is 10.1. The number of anilines is 1. The largest absolute Gasteiger partial charge is 0.478 e. The van der Waals surface area contributed by atoms with Crippen molar-refractivity contribution in [3.05, 3.63) is 29.8 Å². The van der Waals surface area contributed by atoms with Crippen LogP contribution >= 0.6 is 0 Å². The Bertz CT molecular complexity index is 438. The van der Waals surface area contributed by atoms with E-state index in [9.17, 15) is 18.0 Å². The molecule has 0 aliphatic carbocycles. The average molecular weight is 275 g/mol. The zero-order chi connectivity index (χ0) is 14.5. The van der Waals surface area contributed by atoms with Crippen LogP contribution in [-0.4, -0.2) is 23.3 Å². The molecule has 0 aliphatic rings. The molecule has 1 atom stereocenters. The van der Waals surface area contributed by atoms with Crippen molar-refractivity contribution in [2.45, 2.75) is 38.4 Å². The van der Waals surface area contributed by atoms with Gasteiger partial charge in [0.2, 0.25) is 0 Å². The molecule has 1 aromatic rings. The standard InChI is InChI=1S/C13H16F3NO2/c1-2-3-8-11(14)13(15,16)17-10-7-5-4-6-9(10)12(18)19/h4-7,11,17H,2-3,8H2,1H3,(H,18,19). The summed E-state index contributed by atoms with van der Waals surface area (Å²) in [7, 11) is 0. The molecule has 0 saturated heterocycles. The molecule has 0 heterocycles. The third kappa shape index (κ3) is 4.15. The minimum Gasteiger partial charge on any atom is -0.478 e. The van der Waals surface area contributed by atoms with Gasteiger partial charge in [0, 0.05) is 0 Å².